The number of benzene rings is 2. The number of carbonyl (C=O) groups excluding carboxylic acids is 2. The number of carbonyl (C=O) groups is 2. The van der Waals surface area contributed by atoms with Crippen molar-refractivity contribution in [3.8, 4) is 5.75 Å². The van der Waals surface area contributed by atoms with E-state index in [0.717, 1.165) is 17.5 Å². The van der Waals surface area contributed by atoms with Gasteiger partial charge < -0.3 is 9.84 Å². The minimum Gasteiger partial charge on any atom is -0.503 e. The highest BCUT2D eigenvalue weighted by molar-refractivity contribution is 6.17. The number of methoxy groups -OCH3 is 1. The van der Waals surface area contributed by atoms with Crippen LogP contribution in [0.2, 0.25) is 0 Å². The van der Waals surface area contributed by atoms with Crippen molar-refractivity contribution < 1.29 is 19.4 Å². The molecule has 0 radical (unpaired) electrons. The van der Waals surface area contributed by atoms with Gasteiger partial charge in [-0.1, -0.05) is 52.0 Å². The molecule has 2 aromatic rings. The van der Waals surface area contributed by atoms with E-state index in [0.29, 0.717) is 11.4 Å². The predicted octanol–water partition coefficient (Wildman–Crippen LogP) is 4.77. The summed E-state index contributed by atoms with van der Waals surface area (Å²) >= 11 is 0. The number of aliphatic hydroxyl groups is 1. The van der Waals surface area contributed by atoms with Gasteiger partial charge >= 0.3 is 0 Å². The second-order valence-corrected chi connectivity index (χ2v) is 8.21. The van der Waals surface area contributed by atoms with Gasteiger partial charge in [0.1, 0.15) is 5.75 Å². The van der Waals surface area contributed by atoms with Gasteiger partial charge in [-0.3, -0.25) is 14.5 Å². The zero-order valence-electron chi connectivity index (χ0n) is 17.5. The minimum atomic E-state index is -0.740. The van der Waals surface area contributed by atoms with Crippen molar-refractivity contribution >= 4 is 17.4 Å². The molecule has 1 N–H and O–H groups in total. The van der Waals surface area contributed by atoms with Gasteiger partial charge in [-0.25, -0.2) is 0 Å². The monoisotopic (exact) mass is 393 g/mol. The molecule has 0 saturated carbocycles. The number of Topliss-reactive ketones (excluding diaryl/α,β-unsaturated/α-hetero) is 1. The lowest BCUT2D eigenvalue weighted by Crippen LogP contribution is -2.32. The van der Waals surface area contributed by atoms with Gasteiger partial charge in [-0.2, -0.15) is 0 Å². The number of ketones is 1. The molecule has 1 aliphatic rings. The van der Waals surface area contributed by atoms with Crippen molar-refractivity contribution in [3.05, 3.63) is 71.0 Å². The number of hydrogen-bond acceptors (Lipinski definition) is 4. The molecule has 3 rings (SSSR count). The number of amides is 1. The zero-order valence-corrected chi connectivity index (χ0v) is 17.5. The molecule has 5 heteroatoms. The van der Waals surface area contributed by atoms with Crippen molar-refractivity contribution in [1.29, 1.82) is 0 Å². The Hall–Kier alpha value is -3.08. The third kappa shape index (κ3) is 3.77. The van der Waals surface area contributed by atoms with Crippen LogP contribution in [0, 0.1) is 5.41 Å². The number of nitrogens with zero attached hydrogens (tertiary/aromatic N) is 1. The van der Waals surface area contributed by atoms with E-state index in [4.69, 9.17) is 4.74 Å². The first-order chi connectivity index (χ1) is 13.7. The summed E-state index contributed by atoms with van der Waals surface area (Å²) in [4.78, 5) is 27.7. The van der Waals surface area contributed by atoms with Crippen molar-refractivity contribution in [2.45, 2.75) is 40.2 Å². The summed E-state index contributed by atoms with van der Waals surface area (Å²) in [5, 5.41) is 10.7. The van der Waals surface area contributed by atoms with E-state index in [1.165, 1.54) is 4.90 Å². The van der Waals surface area contributed by atoms with Crippen LogP contribution in [0.25, 0.3) is 0 Å². The second-order valence-electron chi connectivity index (χ2n) is 8.21. The molecule has 0 saturated heterocycles. The van der Waals surface area contributed by atoms with E-state index in [-0.39, 0.29) is 11.4 Å². The van der Waals surface area contributed by atoms with Gasteiger partial charge in [0.2, 0.25) is 0 Å². The Morgan fingerprint density at radius 3 is 2.14 bits per heavy atom. The lowest BCUT2D eigenvalue weighted by atomic mass is 9.82. The van der Waals surface area contributed by atoms with Gasteiger partial charge in [-0.05, 0) is 41.8 Å². The minimum absolute atomic E-state index is 0.132. The van der Waals surface area contributed by atoms with E-state index in [1.54, 1.807) is 40.0 Å². The van der Waals surface area contributed by atoms with Crippen LogP contribution in [0.4, 0.5) is 5.69 Å². The van der Waals surface area contributed by atoms with Gasteiger partial charge in [0.15, 0.2) is 11.5 Å². The van der Waals surface area contributed by atoms with Crippen LogP contribution in [0.5, 0.6) is 5.75 Å². The van der Waals surface area contributed by atoms with Crippen molar-refractivity contribution in [1.82, 2.24) is 0 Å². The highest BCUT2D eigenvalue weighted by Crippen LogP contribution is 2.43. The number of aryl methyl sites for hydroxylation is 1. The SMILES string of the molecule is CCc1ccc(N2C(=O)C(O)=C(C(=O)C(C)(C)C)C2c2ccc(OC)cc2)cc1. The van der Waals surface area contributed by atoms with Crippen molar-refractivity contribution in [2.24, 2.45) is 5.41 Å². The van der Waals surface area contributed by atoms with Crippen LogP contribution >= 0.6 is 0 Å². The van der Waals surface area contributed by atoms with Crippen LogP contribution in [0.3, 0.4) is 0 Å². The van der Waals surface area contributed by atoms with Crippen LogP contribution in [0.1, 0.15) is 44.9 Å². The Kier molecular flexibility index (Phi) is 5.51. The molecule has 0 fully saturated rings. The largest absolute Gasteiger partial charge is 0.503 e. The van der Waals surface area contributed by atoms with E-state index >= 15 is 0 Å². The summed E-state index contributed by atoms with van der Waals surface area (Å²) in [6.45, 7) is 7.40. The summed E-state index contributed by atoms with van der Waals surface area (Å²) < 4.78 is 5.23. The lowest BCUT2D eigenvalue weighted by molar-refractivity contribution is -0.123. The summed E-state index contributed by atoms with van der Waals surface area (Å²) in [5.74, 6) is -0.626. The Balaban J connectivity index is 2.16. The van der Waals surface area contributed by atoms with Crippen LogP contribution < -0.4 is 9.64 Å². The molecule has 152 valence electrons. The smallest absolute Gasteiger partial charge is 0.294 e. The van der Waals surface area contributed by atoms with E-state index in [1.807, 2.05) is 36.4 Å². The van der Waals surface area contributed by atoms with E-state index < -0.39 is 23.1 Å². The third-order valence-electron chi connectivity index (χ3n) is 5.19. The quantitative estimate of drug-likeness (QED) is 0.794. The maximum Gasteiger partial charge on any atom is 0.294 e. The van der Waals surface area contributed by atoms with Crippen LogP contribution in [-0.4, -0.2) is 23.9 Å². The molecule has 29 heavy (non-hydrogen) atoms. The fourth-order valence-electron chi connectivity index (χ4n) is 3.50. The maximum atomic E-state index is 13.2. The highest BCUT2D eigenvalue weighted by atomic mass is 16.5. The molecular weight excluding hydrogens is 366 g/mol. The van der Waals surface area contributed by atoms with E-state index in [2.05, 4.69) is 6.92 Å². The number of hydrogen-bond donors (Lipinski definition) is 1. The average Bonchev–Trinajstić information content (AvgIpc) is 2.97. The number of anilines is 1. The van der Waals surface area contributed by atoms with Gasteiger partial charge in [0.25, 0.3) is 5.91 Å². The van der Waals surface area contributed by atoms with Gasteiger partial charge in [0.05, 0.1) is 18.7 Å². The fraction of sp³-hybridized carbons (Fsp3) is 0.333. The zero-order chi connectivity index (χ0) is 21.3. The number of aliphatic hydroxyl groups excluding tert-OH is 1. The molecule has 5 nitrogen and oxygen atoms in total. The first kappa shape index (κ1) is 20.6. The van der Waals surface area contributed by atoms with E-state index in [9.17, 15) is 14.7 Å². The van der Waals surface area contributed by atoms with Crippen LogP contribution in [0.15, 0.2) is 59.9 Å². The number of ether oxygens (including phenoxy) is 1. The van der Waals surface area contributed by atoms with Gasteiger partial charge in [-0.15, -0.1) is 0 Å². The molecule has 0 aromatic heterocycles. The Bertz CT molecular complexity index is 950. The maximum absolute atomic E-state index is 13.2. The van der Waals surface area contributed by atoms with Gasteiger partial charge in [0, 0.05) is 11.1 Å². The second kappa shape index (κ2) is 7.74. The molecular formula is C24H27NO4. The first-order valence-electron chi connectivity index (χ1n) is 9.73. The topological polar surface area (TPSA) is 66.8 Å². The van der Waals surface area contributed by atoms with Crippen molar-refractivity contribution in [2.75, 3.05) is 12.0 Å². The Morgan fingerprint density at radius 2 is 1.66 bits per heavy atom. The fourth-order valence-corrected chi connectivity index (χ4v) is 3.50. The molecule has 1 aliphatic heterocycles. The molecule has 0 bridgehead atoms. The average molecular weight is 393 g/mol. The normalized spacial score (nSPS) is 17.1. The summed E-state index contributed by atoms with van der Waals surface area (Å²) in [6.07, 6.45) is 0.882. The third-order valence-corrected chi connectivity index (χ3v) is 5.19. The molecule has 0 aliphatic carbocycles. The standard InChI is InChI=1S/C24H27NO4/c1-6-15-7-11-17(12-8-15)25-20(16-9-13-18(29-5)14-10-16)19(21(26)23(25)28)22(27)24(2,3)4/h7-14,20,26H,6H2,1-5H3. The molecule has 1 unspecified atom stereocenters. The predicted molar refractivity (Wildman–Crippen MR) is 113 cm³/mol. The Labute approximate surface area is 171 Å². The number of rotatable bonds is 5. The first-order valence-corrected chi connectivity index (χ1v) is 9.73. The lowest BCUT2D eigenvalue weighted by Gasteiger charge is -2.29. The molecule has 1 heterocycles. The Morgan fingerprint density at radius 1 is 1.07 bits per heavy atom. The molecule has 1 atom stereocenters. The molecule has 0 spiro atoms. The van der Waals surface area contributed by atoms with Crippen LogP contribution in [-0.2, 0) is 16.0 Å². The summed E-state index contributed by atoms with van der Waals surface area (Å²) in [6, 6.07) is 14.1. The summed E-state index contributed by atoms with van der Waals surface area (Å²) in [7, 11) is 1.58. The molecule has 1 amide bonds. The summed E-state index contributed by atoms with van der Waals surface area (Å²) in [5.41, 5.74) is 1.90. The molecule has 2 aromatic carbocycles. The van der Waals surface area contributed by atoms with Crippen molar-refractivity contribution in [3.63, 3.8) is 0 Å². The highest BCUT2D eigenvalue weighted by Gasteiger charge is 2.46.